The number of benzene rings is 1. The zero-order valence-corrected chi connectivity index (χ0v) is 10.3. The molecule has 0 atom stereocenters. The molecule has 0 aliphatic heterocycles. The van der Waals surface area contributed by atoms with Gasteiger partial charge in [0.1, 0.15) is 11.0 Å². The van der Waals surface area contributed by atoms with E-state index in [0.29, 0.717) is 6.54 Å². The maximum atomic E-state index is 9.10. The summed E-state index contributed by atoms with van der Waals surface area (Å²) in [6.07, 6.45) is 2.26. The highest BCUT2D eigenvalue weighted by Gasteiger charge is 2.19. The highest BCUT2D eigenvalue weighted by Crippen LogP contribution is 2.15. The first kappa shape index (κ1) is 11.9. The average Bonchev–Trinajstić information content (AvgIpc) is 2.61. The van der Waals surface area contributed by atoms with Crippen molar-refractivity contribution in [1.29, 1.82) is 0 Å². The van der Waals surface area contributed by atoms with Crippen molar-refractivity contribution in [1.82, 2.24) is 4.57 Å². The summed E-state index contributed by atoms with van der Waals surface area (Å²) in [5, 5.41) is 9.10. The predicted molar refractivity (Wildman–Crippen MR) is 68.5 cm³/mol. The third kappa shape index (κ3) is 2.13. The molecular formula is C13H20N3O+. The Balaban J connectivity index is 2.53. The number of aliphatic hydroxyl groups excluding tert-OH is 1. The van der Waals surface area contributed by atoms with Crippen molar-refractivity contribution in [3.63, 3.8) is 0 Å². The second kappa shape index (κ2) is 5.19. The number of nitrogens with zero attached hydrogens (tertiary/aromatic N) is 2. The third-order valence-corrected chi connectivity index (χ3v) is 3.08. The van der Waals surface area contributed by atoms with Crippen LogP contribution in [0.2, 0.25) is 0 Å². The van der Waals surface area contributed by atoms with E-state index in [0.717, 1.165) is 36.4 Å². The molecule has 2 rings (SSSR count). The molecule has 1 heterocycles. The number of unbranched alkanes of at least 4 members (excludes halogenated alkanes) is 1. The number of hydrogen-bond donors (Lipinski definition) is 2. The second-order valence-electron chi connectivity index (χ2n) is 4.23. The van der Waals surface area contributed by atoms with Crippen molar-refractivity contribution in [3.05, 3.63) is 24.3 Å². The number of nitrogens with two attached hydrogens (primary N) is 1. The Morgan fingerprint density at radius 3 is 2.82 bits per heavy atom. The van der Waals surface area contributed by atoms with Gasteiger partial charge in [0.15, 0.2) is 0 Å². The predicted octanol–water partition coefficient (Wildman–Crippen LogP) is 1.30. The van der Waals surface area contributed by atoms with Crippen LogP contribution in [0, 0.1) is 0 Å². The summed E-state index contributed by atoms with van der Waals surface area (Å²) < 4.78 is 4.11. The molecule has 0 radical (unpaired) electrons. The molecule has 0 spiro atoms. The molecule has 17 heavy (non-hydrogen) atoms. The van der Waals surface area contributed by atoms with Gasteiger partial charge in [-0.3, -0.25) is 5.73 Å². The minimum Gasteiger partial charge on any atom is -0.393 e. The van der Waals surface area contributed by atoms with Crippen LogP contribution in [0.5, 0.6) is 0 Å². The summed E-state index contributed by atoms with van der Waals surface area (Å²) in [7, 11) is 0. The number of fused-ring (bicyclic) bond motifs is 1. The standard InChI is InChI=1S/C13H19N3O/c1-2-3-8-15-11-6-4-5-7-12(11)16(9-10-17)13(15)14/h4-7,14,17H,2-3,8-10H2,1H3/p+1. The average molecular weight is 234 g/mol. The second-order valence-corrected chi connectivity index (χ2v) is 4.23. The summed E-state index contributed by atoms with van der Waals surface area (Å²) >= 11 is 0. The summed E-state index contributed by atoms with van der Waals surface area (Å²) in [6, 6.07) is 8.15. The highest BCUT2D eigenvalue weighted by molar-refractivity contribution is 5.73. The summed E-state index contributed by atoms with van der Waals surface area (Å²) in [4.78, 5) is 0. The van der Waals surface area contributed by atoms with E-state index in [1.807, 2.05) is 22.8 Å². The molecule has 4 heteroatoms. The first-order chi connectivity index (χ1) is 8.29. The molecule has 0 fully saturated rings. The van der Waals surface area contributed by atoms with E-state index in [2.05, 4.69) is 17.6 Å². The summed E-state index contributed by atoms with van der Waals surface area (Å²) in [6.45, 7) is 3.76. The Kier molecular flexibility index (Phi) is 3.64. The Morgan fingerprint density at radius 1 is 1.35 bits per heavy atom. The van der Waals surface area contributed by atoms with E-state index in [1.54, 1.807) is 0 Å². The Bertz CT molecular complexity index is 505. The van der Waals surface area contributed by atoms with E-state index in [9.17, 15) is 0 Å². The van der Waals surface area contributed by atoms with Crippen molar-refractivity contribution in [3.8, 4) is 0 Å². The lowest BCUT2D eigenvalue weighted by Gasteiger charge is -1.99. The van der Waals surface area contributed by atoms with Crippen LogP contribution in [0.25, 0.3) is 11.0 Å². The molecule has 1 aromatic heterocycles. The van der Waals surface area contributed by atoms with Gasteiger partial charge in [0.25, 0.3) is 0 Å². The topological polar surface area (TPSA) is 55.1 Å². The summed E-state index contributed by atoms with van der Waals surface area (Å²) in [5.41, 5.74) is 8.40. The maximum absolute atomic E-state index is 9.10. The molecule has 0 aliphatic carbocycles. The van der Waals surface area contributed by atoms with Gasteiger partial charge in [-0.25, -0.2) is 9.13 Å². The van der Waals surface area contributed by atoms with Crippen molar-refractivity contribution in [2.75, 3.05) is 12.3 Å². The fourth-order valence-corrected chi connectivity index (χ4v) is 2.20. The van der Waals surface area contributed by atoms with Gasteiger partial charge in [-0.05, 0) is 18.6 Å². The number of rotatable bonds is 5. The van der Waals surface area contributed by atoms with Crippen molar-refractivity contribution >= 4 is 17.0 Å². The largest absolute Gasteiger partial charge is 0.393 e. The van der Waals surface area contributed by atoms with Gasteiger partial charge in [0, 0.05) is 0 Å². The lowest BCUT2D eigenvalue weighted by atomic mass is 10.3. The van der Waals surface area contributed by atoms with Gasteiger partial charge < -0.3 is 5.11 Å². The number of aromatic nitrogens is 2. The van der Waals surface area contributed by atoms with Gasteiger partial charge in [0.05, 0.1) is 19.7 Å². The van der Waals surface area contributed by atoms with E-state index < -0.39 is 0 Å². The van der Waals surface area contributed by atoms with Gasteiger partial charge in [0.2, 0.25) is 0 Å². The molecule has 0 bridgehead atoms. The number of anilines is 1. The summed E-state index contributed by atoms with van der Waals surface area (Å²) in [5.74, 6) is 0.730. The van der Waals surface area contributed by atoms with Crippen LogP contribution >= 0.6 is 0 Å². The molecule has 1 aromatic carbocycles. The zero-order chi connectivity index (χ0) is 12.3. The number of aliphatic hydroxyl groups is 1. The van der Waals surface area contributed by atoms with Crippen LogP contribution in [-0.4, -0.2) is 16.3 Å². The molecule has 92 valence electrons. The van der Waals surface area contributed by atoms with Crippen LogP contribution in [0.3, 0.4) is 0 Å². The minimum absolute atomic E-state index is 0.108. The Morgan fingerprint density at radius 2 is 2.12 bits per heavy atom. The highest BCUT2D eigenvalue weighted by atomic mass is 16.3. The fourth-order valence-electron chi connectivity index (χ4n) is 2.20. The lowest BCUT2D eigenvalue weighted by Crippen LogP contribution is -2.36. The van der Waals surface area contributed by atoms with E-state index in [4.69, 9.17) is 10.8 Å². The van der Waals surface area contributed by atoms with Gasteiger partial charge in [-0.1, -0.05) is 25.5 Å². The smallest absolute Gasteiger partial charge is 0.356 e. The lowest BCUT2D eigenvalue weighted by molar-refractivity contribution is -0.657. The Labute approximate surface area is 101 Å². The van der Waals surface area contributed by atoms with E-state index in [1.165, 1.54) is 0 Å². The molecular weight excluding hydrogens is 214 g/mol. The molecule has 2 aromatic rings. The van der Waals surface area contributed by atoms with Crippen molar-refractivity contribution < 1.29 is 9.67 Å². The van der Waals surface area contributed by atoms with Crippen molar-refractivity contribution in [2.24, 2.45) is 0 Å². The first-order valence-corrected chi connectivity index (χ1v) is 6.17. The van der Waals surface area contributed by atoms with Gasteiger partial charge >= 0.3 is 5.95 Å². The maximum Gasteiger partial charge on any atom is 0.356 e. The number of hydrogen-bond acceptors (Lipinski definition) is 2. The van der Waals surface area contributed by atoms with E-state index >= 15 is 0 Å². The Hall–Kier alpha value is -1.55. The molecule has 4 nitrogen and oxygen atoms in total. The van der Waals surface area contributed by atoms with Crippen LogP contribution in [0.4, 0.5) is 5.95 Å². The number of nitrogen functional groups attached to an aromatic ring is 1. The number of para-hydroxylation sites is 2. The zero-order valence-electron chi connectivity index (χ0n) is 10.3. The van der Waals surface area contributed by atoms with Crippen LogP contribution < -0.4 is 10.3 Å². The third-order valence-electron chi connectivity index (χ3n) is 3.08. The van der Waals surface area contributed by atoms with Crippen molar-refractivity contribution in [2.45, 2.75) is 32.9 Å². The SMILES string of the molecule is CCCC[n+]1c(N)n(CCO)c2ccccc21. The van der Waals surface area contributed by atoms with E-state index in [-0.39, 0.29) is 6.61 Å². The normalized spacial score (nSPS) is 11.2. The molecule has 0 unspecified atom stereocenters. The fraction of sp³-hybridized carbons (Fsp3) is 0.462. The monoisotopic (exact) mass is 234 g/mol. The minimum atomic E-state index is 0.108. The van der Waals surface area contributed by atoms with Gasteiger partial charge in [-0.15, -0.1) is 0 Å². The number of imidazole rings is 1. The van der Waals surface area contributed by atoms with Crippen LogP contribution in [-0.2, 0) is 13.1 Å². The van der Waals surface area contributed by atoms with Crippen LogP contribution in [0.15, 0.2) is 24.3 Å². The molecule has 0 saturated carbocycles. The molecule has 0 aliphatic rings. The molecule has 0 amide bonds. The molecule has 0 saturated heterocycles. The first-order valence-electron chi connectivity index (χ1n) is 6.17. The van der Waals surface area contributed by atoms with Crippen LogP contribution in [0.1, 0.15) is 19.8 Å². The molecule has 3 N–H and O–H groups in total. The quantitative estimate of drug-likeness (QED) is 0.766. The number of aryl methyl sites for hydroxylation is 1. The van der Waals surface area contributed by atoms with Gasteiger partial charge in [-0.2, -0.15) is 0 Å².